The van der Waals surface area contributed by atoms with E-state index < -0.39 is 0 Å². The summed E-state index contributed by atoms with van der Waals surface area (Å²) >= 11 is 1.35. The van der Waals surface area contributed by atoms with Gasteiger partial charge < -0.3 is 10.1 Å². The van der Waals surface area contributed by atoms with Crippen molar-refractivity contribution in [2.24, 2.45) is 0 Å². The Kier molecular flexibility index (Phi) is 4.03. The SMILES string of the molecule is C#CCNc1ccnc2sc3c(=O)n(-c4ccc(OC)cc4)ncc3c12. The molecule has 0 aliphatic heterocycles. The van der Waals surface area contributed by atoms with Crippen molar-refractivity contribution < 1.29 is 4.74 Å². The van der Waals surface area contributed by atoms with Crippen LogP contribution in [-0.4, -0.2) is 28.4 Å². The first-order valence-electron chi connectivity index (χ1n) is 7.84. The van der Waals surface area contributed by atoms with E-state index in [1.807, 2.05) is 6.07 Å². The number of nitrogens with one attached hydrogen (secondary N) is 1. The van der Waals surface area contributed by atoms with Crippen molar-refractivity contribution in [1.82, 2.24) is 14.8 Å². The summed E-state index contributed by atoms with van der Waals surface area (Å²) in [7, 11) is 1.60. The van der Waals surface area contributed by atoms with Gasteiger partial charge in [-0.25, -0.2) is 4.98 Å². The van der Waals surface area contributed by atoms with Crippen LogP contribution in [0.4, 0.5) is 5.69 Å². The van der Waals surface area contributed by atoms with Gasteiger partial charge >= 0.3 is 0 Å². The van der Waals surface area contributed by atoms with Gasteiger partial charge in [0.1, 0.15) is 15.3 Å². The van der Waals surface area contributed by atoms with Crippen molar-refractivity contribution in [3.05, 3.63) is 53.1 Å². The Morgan fingerprint density at radius 2 is 2.12 bits per heavy atom. The molecule has 26 heavy (non-hydrogen) atoms. The molecule has 4 aromatic rings. The molecule has 0 radical (unpaired) electrons. The van der Waals surface area contributed by atoms with Crippen LogP contribution in [0.3, 0.4) is 0 Å². The van der Waals surface area contributed by atoms with Gasteiger partial charge in [-0.15, -0.1) is 17.8 Å². The Morgan fingerprint density at radius 3 is 2.85 bits per heavy atom. The smallest absolute Gasteiger partial charge is 0.289 e. The van der Waals surface area contributed by atoms with Gasteiger partial charge in [0.2, 0.25) is 0 Å². The third kappa shape index (κ3) is 2.57. The van der Waals surface area contributed by atoms with Gasteiger partial charge in [0.15, 0.2) is 0 Å². The minimum Gasteiger partial charge on any atom is -0.497 e. The number of benzene rings is 1. The third-order valence-corrected chi connectivity index (χ3v) is 5.12. The minimum atomic E-state index is -0.182. The lowest BCUT2D eigenvalue weighted by Crippen LogP contribution is -2.19. The first-order valence-corrected chi connectivity index (χ1v) is 8.66. The lowest BCUT2D eigenvalue weighted by Gasteiger charge is -2.06. The van der Waals surface area contributed by atoms with Crippen LogP contribution in [-0.2, 0) is 0 Å². The Morgan fingerprint density at radius 1 is 1.31 bits per heavy atom. The number of ether oxygens (including phenoxy) is 1. The van der Waals surface area contributed by atoms with Crippen LogP contribution in [0.15, 0.2) is 47.5 Å². The molecule has 128 valence electrons. The molecule has 0 saturated heterocycles. The number of fused-ring (bicyclic) bond motifs is 3. The highest BCUT2D eigenvalue weighted by atomic mass is 32.1. The molecule has 0 aliphatic carbocycles. The number of pyridine rings is 1. The molecule has 0 saturated carbocycles. The van der Waals surface area contributed by atoms with Gasteiger partial charge in [-0.2, -0.15) is 9.78 Å². The molecule has 1 aromatic carbocycles. The molecule has 0 amide bonds. The van der Waals surface area contributed by atoms with Gasteiger partial charge in [0.05, 0.1) is 25.5 Å². The summed E-state index contributed by atoms with van der Waals surface area (Å²) in [6.45, 7) is 0.396. The fourth-order valence-electron chi connectivity index (χ4n) is 2.79. The molecule has 0 aliphatic rings. The van der Waals surface area contributed by atoms with Crippen LogP contribution < -0.4 is 15.6 Å². The van der Waals surface area contributed by atoms with E-state index in [1.54, 1.807) is 43.8 Å². The van der Waals surface area contributed by atoms with Gasteiger partial charge in [-0.05, 0) is 30.3 Å². The normalized spacial score (nSPS) is 10.8. The van der Waals surface area contributed by atoms with E-state index in [1.165, 1.54) is 16.0 Å². The second-order valence-electron chi connectivity index (χ2n) is 5.50. The number of thiophene rings is 1. The monoisotopic (exact) mass is 362 g/mol. The molecule has 6 nitrogen and oxygen atoms in total. The number of rotatable bonds is 4. The van der Waals surface area contributed by atoms with Crippen LogP contribution in [0.1, 0.15) is 0 Å². The van der Waals surface area contributed by atoms with Gasteiger partial charge in [0.25, 0.3) is 5.56 Å². The molecular formula is C19H14N4O2S. The first kappa shape index (κ1) is 16.1. The van der Waals surface area contributed by atoms with E-state index in [4.69, 9.17) is 11.2 Å². The second-order valence-corrected chi connectivity index (χ2v) is 6.50. The standard InChI is InChI=1S/C19H14N4O2S/c1-3-9-20-15-8-10-21-18-16(15)14-11-22-23(19(24)17(14)26-18)12-4-6-13(25-2)7-5-12/h1,4-8,10-11H,9H2,2H3,(H,20,21). The molecule has 3 heterocycles. The summed E-state index contributed by atoms with van der Waals surface area (Å²) in [4.78, 5) is 18.1. The predicted molar refractivity (Wildman–Crippen MR) is 104 cm³/mol. The average molecular weight is 362 g/mol. The Balaban J connectivity index is 1.92. The van der Waals surface area contributed by atoms with Crippen molar-refractivity contribution in [2.45, 2.75) is 0 Å². The largest absolute Gasteiger partial charge is 0.497 e. The second kappa shape index (κ2) is 6.50. The van der Waals surface area contributed by atoms with Crippen LogP contribution in [0.2, 0.25) is 0 Å². The van der Waals surface area contributed by atoms with E-state index in [2.05, 4.69) is 21.3 Å². The molecule has 0 atom stereocenters. The summed E-state index contributed by atoms with van der Waals surface area (Å²) < 4.78 is 7.14. The zero-order valence-corrected chi connectivity index (χ0v) is 14.7. The summed E-state index contributed by atoms with van der Waals surface area (Å²) in [6.07, 6.45) is 8.73. The maximum absolute atomic E-state index is 13.0. The Bertz CT molecular complexity index is 1200. The Hall–Kier alpha value is -3.37. The van der Waals surface area contributed by atoms with E-state index in [-0.39, 0.29) is 5.56 Å². The molecule has 4 rings (SSSR count). The molecule has 0 spiro atoms. The van der Waals surface area contributed by atoms with Gasteiger partial charge in [-0.1, -0.05) is 5.92 Å². The number of hydrogen-bond donors (Lipinski definition) is 1. The van der Waals surface area contributed by atoms with E-state index in [0.29, 0.717) is 16.9 Å². The number of nitrogens with zero attached hydrogens (tertiary/aromatic N) is 3. The van der Waals surface area contributed by atoms with Crippen molar-refractivity contribution in [3.63, 3.8) is 0 Å². The molecule has 3 aromatic heterocycles. The Labute approximate surface area is 153 Å². The topological polar surface area (TPSA) is 69.0 Å². The summed E-state index contributed by atoms with van der Waals surface area (Å²) in [5.41, 5.74) is 1.34. The van der Waals surface area contributed by atoms with E-state index >= 15 is 0 Å². The maximum atomic E-state index is 13.0. The van der Waals surface area contributed by atoms with E-state index in [0.717, 1.165) is 27.0 Å². The quantitative estimate of drug-likeness (QED) is 0.565. The van der Waals surface area contributed by atoms with Crippen LogP contribution in [0, 0.1) is 12.3 Å². The van der Waals surface area contributed by atoms with Gasteiger partial charge in [0, 0.05) is 22.7 Å². The highest BCUT2D eigenvalue weighted by Gasteiger charge is 2.15. The lowest BCUT2D eigenvalue weighted by molar-refractivity contribution is 0.414. The van der Waals surface area contributed by atoms with Crippen molar-refractivity contribution >= 4 is 37.3 Å². The average Bonchev–Trinajstić information content (AvgIpc) is 3.07. The van der Waals surface area contributed by atoms with Crippen molar-refractivity contribution in [3.8, 4) is 23.8 Å². The number of methoxy groups -OCH3 is 1. The summed E-state index contributed by atoms with van der Waals surface area (Å²) in [5, 5.41) is 9.16. The molecule has 0 fully saturated rings. The van der Waals surface area contributed by atoms with Crippen LogP contribution in [0.5, 0.6) is 5.75 Å². The fourth-order valence-corrected chi connectivity index (χ4v) is 3.86. The molecular weight excluding hydrogens is 348 g/mol. The number of aromatic nitrogens is 3. The highest BCUT2D eigenvalue weighted by molar-refractivity contribution is 7.25. The van der Waals surface area contributed by atoms with Crippen LogP contribution >= 0.6 is 11.3 Å². The zero-order valence-electron chi connectivity index (χ0n) is 13.9. The third-order valence-electron chi connectivity index (χ3n) is 4.02. The van der Waals surface area contributed by atoms with Gasteiger partial charge in [-0.3, -0.25) is 4.79 Å². The maximum Gasteiger partial charge on any atom is 0.289 e. The molecule has 1 N–H and O–H groups in total. The lowest BCUT2D eigenvalue weighted by atomic mass is 10.2. The van der Waals surface area contributed by atoms with Crippen LogP contribution in [0.25, 0.3) is 26.0 Å². The number of anilines is 1. The molecule has 7 heteroatoms. The molecule has 0 bridgehead atoms. The summed E-state index contributed by atoms with van der Waals surface area (Å²) in [5.74, 6) is 3.27. The van der Waals surface area contributed by atoms with Crippen molar-refractivity contribution in [2.75, 3.05) is 19.0 Å². The number of hydrogen-bond acceptors (Lipinski definition) is 6. The molecule has 0 unspecified atom stereocenters. The fraction of sp³-hybridized carbons (Fsp3) is 0.105. The number of terminal acetylenes is 1. The highest BCUT2D eigenvalue weighted by Crippen LogP contribution is 2.34. The minimum absolute atomic E-state index is 0.182. The first-order chi connectivity index (χ1) is 12.7. The summed E-state index contributed by atoms with van der Waals surface area (Å²) in [6, 6.07) is 9.03. The zero-order chi connectivity index (χ0) is 18.1. The van der Waals surface area contributed by atoms with E-state index in [9.17, 15) is 4.79 Å². The van der Waals surface area contributed by atoms with Crippen molar-refractivity contribution in [1.29, 1.82) is 0 Å². The predicted octanol–water partition coefficient (Wildman–Crippen LogP) is 3.05.